The number of benzene rings is 1. The van der Waals surface area contributed by atoms with Gasteiger partial charge >= 0.3 is 0 Å². The molecule has 1 heterocycles. The summed E-state index contributed by atoms with van der Waals surface area (Å²) in [5.41, 5.74) is 6.37. The maximum atomic E-state index is 12.1. The molecule has 0 atom stereocenters. The molecule has 2 aromatic rings. The summed E-state index contributed by atoms with van der Waals surface area (Å²) in [4.78, 5) is 16.0. The maximum absolute atomic E-state index is 12.1. The first-order valence-electron chi connectivity index (χ1n) is 5.46. The third kappa shape index (κ3) is 3.14. The van der Waals surface area contributed by atoms with Crippen molar-refractivity contribution in [3.8, 4) is 5.75 Å². The number of ether oxygens (including phenoxy) is 1. The van der Waals surface area contributed by atoms with E-state index in [4.69, 9.17) is 22.1 Å². The minimum atomic E-state index is -0.328. The summed E-state index contributed by atoms with van der Waals surface area (Å²) < 4.78 is 5.12. The number of carbonyl (C=O) groups excluding carboxylic acids is 1. The molecule has 2 rings (SSSR count). The Morgan fingerprint density at radius 1 is 1.37 bits per heavy atom. The molecule has 0 spiro atoms. The number of nitrogens with one attached hydrogen (secondary N) is 1. The Labute approximate surface area is 115 Å². The third-order valence-corrected chi connectivity index (χ3v) is 2.69. The van der Waals surface area contributed by atoms with E-state index in [-0.39, 0.29) is 5.91 Å². The lowest BCUT2D eigenvalue weighted by atomic mass is 10.2. The van der Waals surface area contributed by atoms with Gasteiger partial charge in [-0.25, -0.2) is 4.98 Å². The number of methoxy groups -OCH3 is 1. The predicted octanol–water partition coefficient (Wildman–Crippen LogP) is 2.58. The zero-order chi connectivity index (χ0) is 13.8. The smallest absolute Gasteiger partial charge is 0.259 e. The second kappa shape index (κ2) is 5.58. The Hall–Kier alpha value is -2.27. The molecule has 1 aromatic heterocycles. The van der Waals surface area contributed by atoms with E-state index >= 15 is 0 Å². The van der Waals surface area contributed by atoms with Crippen LogP contribution in [-0.4, -0.2) is 18.0 Å². The highest BCUT2D eigenvalue weighted by Crippen LogP contribution is 2.23. The van der Waals surface area contributed by atoms with E-state index in [0.29, 0.717) is 27.8 Å². The lowest BCUT2D eigenvalue weighted by Gasteiger charge is -2.09. The Kier molecular flexibility index (Phi) is 3.87. The topological polar surface area (TPSA) is 77.2 Å². The van der Waals surface area contributed by atoms with Crippen molar-refractivity contribution in [2.45, 2.75) is 0 Å². The number of nitrogens with zero attached hydrogens (tertiary/aromatic N) is 1. The molecule has 0 bridgehead atoms. The molecule has 0 unspecified atom stereocenters. The van der Waals surface area contributed by atoms with Gasteiger partial charge in [-0.2, -0.15) is 0 Å². The van der Waals surface area contributed by atoms with Crippen molar-refractivity contribution in [1.82, 2.24) is 4.98 Å². The molecular formula is C13H12ClN3O2. The molecule has 6 heteroatoms. The van der Waals surface area contributed by atoms with Crippen molar-refractivity contribution in [2.75, 3.05) is 18.2 Å². The molecular weight excluding hydrogens is 266 g/mol. The zero-order valence-corrected chi connectivity index (χ0v) is 10.9. The van der Waals surface area contributed by atoms with E-state index in [1.54, 1.807) is 30.3 Å². The minimum Gasteiger partial charge on any atom is -0.496 e. The van der Waals surface area contributed by atoms with E-state index in [2.05, 4.69) is 10.3 Å². The predicted molar refractivity (Wildman–Crippen MR) is 74.6 cm³/mol. The molecule has 0 aliphatic carbocycles. The van der Waals surface area contributed by atoms with Crippen molar-refractivity contribution in [3.05, 3.63) is 47.1 Å². The second-order valence-electron chi connectivity index (χ2n) is 3.77. The molecule has 0 radical (unpaired) electrons. The number of hydrogen-bond acceptors (Lipinski definition) is 4. The van der Waals surface area contributed by atoms with Crippen LogP contribution in [-0.2, 0) is 0 Å². The first-order chi connectivity index (χ1) is 9.10. The molecule has 0 fully saturated rings. The summed E-state index contributed by atoms with van der Waals surface area (Å²) in [7, 11) is 1.49. The summed E-state index contributed by atoms with van der Waals surface area (Å²) >= 11 is 5.88. The van der Waals surface area contributed by atoms with Crippen LogP contribution < -0.4 is 15.8 Å². The van der Waals surface area contributed by atoms with Crippen LogP contribution in [0.5, 0.6) is 5.75 Å². The highest BCUT2D eigenvalue weighted by molar-refractivity contribution is 6.31. The molecule has 0 aliphatic rings. The van der Waals surface area contributed by atoms with Crippen LogP contribution in [0, 0.1) is 0 Å². The Balaban J connectivity index is 2.24. The number of amides is 1. The van der Waals surface area contributed by atoms with Gasteiger partial charge in [0, 0.05) is 5.02 Å². The van der Waals surface area contributed by atoms with Crippen molar-refractivity contribution in [2.24, 2.45) is 0 Å². The highest BCUT2D eigenvalue weighted by Gasteiger charge is 2.13. The van der Waals surface area contributed by atoms with Crippen molar-refractivity contribution >= 4 is 29.0 Å². The van der Waals surface area contributed by atoms with Crippen LogP contribution in [0.3, 0.4) is 0 Å². The molecule has 3 N–H and O–H groups in total. The van der Waals surface area contributed by atoms with Crippen LogP contribution in [0.1, 0.15) is 10.4 Å². The Morgan fingerprint density at radius 2 is 2.16 bits per heavy atom. The standard InChI is InChI=1S/C13H12ClN3O2/c1-19-11-4-2-8(14)6-10(11)13(18)17-9-3-5-12(15)16-7-9/h2-7H,1H3,(H2,15,16)(H,17,18). The Bertz CT molecular complexity index is 599. The zero-order valence-electron chi connectivity index (χ0n) is 10.2. The summed E-state index contributed by atoms with van der Waals surface area (Å²) in [5, 5.41) is 3.15. The molecule has 19 heavy (non-hydrogen) atoms. The second-order valence-corrected chi connectivity index (χ2v) is 4.21. The normalized spacial score (nSPS) is 10.0. The summed E-state index contributed by atoms with van der Waals surface area (Å²) in [6, 6.07) is 8.10. The lowest BCUT2D eigenvalue weighted by molar-refractivity contribution is 0.102. The fraction of sp³-hybridized carbons (Fsp3) is 0.0769. The van der Waals surface area contributed by atoms with Gasteiger partial charge in [0.1, 0.15) is 11.6 Å². The average Bonchev–Trinajstić information content (AvgIpc) is 2.41. The SMILES string of the molecule is COc1ccc(Cl)cc1C(=O)Nc1ccc(N)nc1. The fourth-order valence-electron chi connectivity index (χ4n) is 1.54. The van der Waals surface area contributed by atoms with Gasteiger partial charge in [0.15, 0.2) is 0 Å². The van der Waals surface area contributed by atoms with Crippen molar-refractivity contribution in [3.63, 3.8) is 0 Å². The minimum absolute atomic E-state index is 0.328. The average molecular weight is 278 g/mol. The van der Waals surface area contributed by atoms with E-state index in [9.17, 15) is 4.79 Å². The van der Waals surface area contributed by atoms with Crippen LogP contribution in [0.15, 0.2) is 36.5 Å². The number of anilines is 2. The number of halogens is 1. The number of hydrogen-bond donors (Lipinski definition) is 2. The van der Waals surface area contributed by atoms with Gasteiger partial charge in [0.25, 0.3) is 5.91 Å². The van der Waals surface area contributed by atoms with Crippen LogP contribution in [0.4, 0.5) is 11.5 Å². The lowest BCUT2D eigenvalue weighted by Crippen LogP contribution is -2.13. The van der Waals surface area contributed by atoms with Crippen LogP contribution in [0.25, 0.3) is 0 Å². The van der Waals surface area contributed by atoms with Gasteiger partial charge in [-0.1, -0.05) is 11.6 Å². The maximum Gasteiger partial charge on any atom is 0.259 e. The van der Waals surface area contributed by atoms with Crippen LogP contribution in [0.2, 0.25) is 5.02 Å². The third-order valence-electron chi connectivity index (χ3n) is 2.45. The number of nitrogen functional groups attached to an aromatic ring is 1. The van der Waals surface area contributed by atoms with Crippen LogP contribution >= 0.6 is 11.6 Å². The fourth-order valence-corrected chi connectivity index (χ4v) is 1.71. The number of nitrogens with two attached hydrogens (primary N) is 1. The van der Waals surface area contributed by atoms with E-state index in [1.807, 2.05) is 0 Å². The first-order valence-corrected chi connectivity index (χ1v) is 5.84. The van der Waals surface area contributed by atoms with Gasteiger partial charge < -0.3 is 15.8 Å². The van der Waals surface area contributed by atoms with Gasteiger partial charge in [-0.05, 0) is 30.3 Å². The molecule has 1 aromatic carbocycles. The summed E-state index contributed by atoms with van der Waals surface area (Å²) in [5.74, 6) is 0.509. The number of rotatable bonds is 3. The number of aromatic nitrogens is 1. The summed E-state index contributed by atoms with van der Waals surface area (Å²) in [6.45, 7) is 0. The van der Waals surface area contributed by atoms with Gasteiger partial charge in [-0.15, -0.1) is 0 Å². The molecule has 5 nitrogen and oxygen atoms in total. The summed E-state index contributed by atoms with van der Waals surface area (Å²) in [6.07, 6.45) is 1.48. The Morgan fingerprint density at radius 3 is 2.79 bits per heavy atom. The van der Waals surface area contributed by atoms with E-state index < -0.39 is 0 Å². The highest BCUT2D eigenvalue weighted by atomic mass is 35.5. The van der Waals surface area contributed by atoms with Crippen molar-refractivity contribution in [1.29, 1.82) is 0 Å². The van der Waals surface area contributed by atoms with Gasteiger partial charge in [0.05, 0.1) is 24.6 Å². The number of pyridine rings is 1. The molecule has 0 saturated heterocycles. The molecule has 0 aliphatic heterocycles. The van der Waals surface area contributed by atoms with Gasteiger partial charge in [-0.3, -0.25) is 4.79 Å². The molecule has 0 saturated carbocycles. The van der Waals surface area contributed by atoms with Crippen molar-refractivity contribution < 1.29 is 9.53 Å². The monoisotopic (exact) mass is 277 g/mol. The largest absolute Gasteiger partial charge is 0.496 e. The van der Waals surface area contributed by atoms with E-state index in [1.165, 1.54) is 13.3 Å². The first kappa shape index (κ1) is 13.2. The van der Waals surface area contributed by atoms with E-state index in [0.717, 1.165) is 0 Å². The van der Waals surface area contributed by atoms with Gasteiger partial charge in [0.2, 0.25) is 0 Å². The molecule has 1 amide bonds. The quantitative estimate of drug-likeness (QED) is 0.904. The number of carbonyl (C=O) groups is 1. The molecule has 98 valence electrons.